The van der Waals surface area contributed by atoms with Crippen molar-refractivity contribution in [3.05, 3.63) is 34.5 Å². The van der Waals surface area contributed by atoms with Gasteiger partial charge in [0.25, 0.3) is 0 Å². The van der Waals surface area contributed by atoms with Crippen LogP contribution in [-0.4, -0.2) is 4.57 Å². The number of fused-ring (bicyclic) bond motifs is 1. The van der Waals surface area contributed by atoms with Crippen LogP contribution in [0.5, 0.6) is 0 Å². The first-order chi connectivity index (χ1) is 6.52. The van der Waals surface area contributed by atoms with Crippen LogP contribution < -0.4 is 0 Å². The summed E-state index contributed by atoms with van der Waals surface area (Å²) in [6, 6.07) is 4.53. The van der Waals surface area contributed by atoms with Crippen molar-refractivity contribution in [3.8, 4) is 0 Å². The molecule has 0 fully saturated rings. The van der Waals surface area contributed by atoms with E-state index in [0.717, 1.165) is 0 Å². The van der Waals surface area contributed by atoms with E-state index in [1.54, 1.807) is 0 Å². The SMILES string of the molecule is Cc1cc(C)c2c(c1)c(C)c(C)n2C. The number of benzene rings is 1. The number of aromatic nitrogens is 1. The van der Waals surface area contributed by atoms with Gasteiger partial charge in [-0.3, -0.25) is 0 Å². The van der Waals surface area contributed by atoms with E-state index in [9.17, 15) is 0 Å². The quantitative estimate of drug-likeness (QED) is 0.595. The summed E-state index contributed by atoms with van der Waals surface area (Å²) in [5.74, 6) is 0. The zero-order chi connectivity index (χ0) is 10.5. The Morgan fingerprint density at radius 3 is 2.29 bits per heavy atom. The molecular formula is C13H17N. The van der Waals surface area contributed by atoms with E-state index < -0.39 is 0 Å². The van der Waals surface area contributed by atoms with Gasteiger partial charge in [-0.1, -0.05) is 11.6 Å². The van der Waals surface area contributed by atoms with Crippen molar-refractivity contribution < 1.29 is 0 Å². The van der Waals surface area contributed by atoms with Crippen LogP contribution in [0.2, 0.25) is 0 Å². The Balaban J connectivity index is 3.02. The third kappa shape index (κ3) is 1.08. The summed E-state index contributed by atoms with van der Waals surface area (Å²) in [4.78, 5) is 0. The fourth-order valence-corrected chi connectivity index (χ4v) is 2.31. The average molecular weight is 187 g/mol. The van der Waals surface area contributed by atoms with E-state index in [2.05, 4.69) is 51.4 Å². The molecule has 0 saturated heterocycles. The summed E-state index contributed by atoms with van der Waals surface area (Å²) >= 11 is 0. The zero-order valence-corrected chi connectivity index (χ0v) is 9.60. The Bertz CT molecular complexity index is 504. The minimum absolute atomic E-state index is 1.35. The van der Waals surface area contributed by atoms with Gasteiger partial charge in [0.1, 0.15) is 0 Å². The van der Waals surface area contributed by atoms with Gasteiger partial charge in [0.2, 0.25) is 0 Å². The van der Waals surface area contributed by atoms with Gasteiger partial charge >= 0.3 is 0 Å². The molecule has 0 N–H and O–H groups in total. The van der Waals surface area contributed by atoms with Crippen LogP contribution in [0.4, 0.5) is 0 Å². The molecule has 0 atom stereocenters. The molecule has 0 aliphatic rings. The maximum Gasteiger partial charge on any atom is 0.0512 e. The molecule has 0 aliphatic heterocycles. The molecule has 1 aromatic heterocycles. The molecule has 14 heavy (non-hydrogen) atoms. The Morgan fingerprint density at radius 1 is 1.00 bits per heavy atom. The molecular weight excluding hydrogens is 170 g/mol. The van der Waals surface area contributed by atoms with E-state index in [1.165, 1.54) is 33.3 Å². The largest absolute Gasteiger partial charge is 0.347 e. The molecule has 1 nitrogen and oxygen atoms in total. The summed E-state index contributed by atoms with van der Waals surface area (Å²) in [6.45, 7) is 8.74. The third-order valence-electron chi connectivity index (χ3n) is 3.23. The molecule has 2 aromatic rings. The van der Waals surface area contributed by atoms with Gasteiger partial charge in [-0.05, 0) is 44.9 Å². The first-order valence-electron chi connectivity index (χ1n) is 5.05. The fraction of sp³-hybridized carbons (Fsp3) is 0.385. The lowest BCUT2D eigenvalue weighted by molar-refractivity contribution is 0.907. The van der Waals surface area contributed by atoms with Crippen LogP contribution in [-0.2, 0) is 7.05 Å². The highest BCUT2D eigenvalue weighted by atomic mass is 14.9. The lowest BCUT2D eigenvalue weighted by Crippen LogP contribution is -1.92. The topological polar surface area (TPSA) is 4.93 Å². The highest BCUT2D eigenvalue weighted by Gasteiger charge is 2.10. The number of nitrogens with zero attached hydrogens (tertiary/aromatic N) is 1. The average Bonchev–Trinajstić information content (AvgIpc) is 2.31. The van der Waals surface area contributed by atoms with Crippen molar-refractivity contribution in [2.75, 3.05) is 0 Å². The molecule has 74 valence electrons. The highest BCUT2D eigenvalue weighted by Crippen LogP contribution is 2.27. The van der Waals surface area contributed by atoms with Crippen molar-refractivity contribution in [1.29, 1.82) is 0 Å². The number of aryl methyl sites for hydroxylation is 4. The van der Waals surface area contributed by atoms with E-state index in [4.69, 9.17) is 0 Å². The van der Waals surface area contributed by atoms with Crippen LogP contribution in [0.1, 0.15) is 22.4 Å². The van der Waals surface area contributed by atoms with E-state index in [1.807, 2.05) is 0 Å². The molecule has 0 amide bonds. The van der Waals surface area contributed by atoms with Crippen LogP contribution in [0.3, 0.4) is 0 Å². The summed E-state index contributed by atoms with van der Waals surface area (Å²) in [5, 5.41) is 1.41. The predicted molar refractivity (Wildman–Crippen MR) is 61.9 cm³/mol. The maximum absolute atomic E-state index is 2.29. The van der Waals surface area contributed by atoms with Crippen molar-refractivity contribution in [2.45, 2.75) is 27.7 Å². The molecule has 2 rings (SSSR count). The summed E-state index contributed by atoms with van der Waals surface area (Å²) in [5.41, 5.74) is 6.89. The van der Waals surface area contributed by atoms with Crippen LogP contribution in [0.15, 0.2) is 12.1 Å². The van der Waals surface area contributed by atoms with Gasteiger partial charge in [-0.15, -0.1) is 0 Å². The van der Waals surface area contributed by atoms with Crippen molar-refractivity contribution in [1.82, 2.24) is 4.57 Å². The van der Waals surface area contributed by atoms with Gasteiger partial charge in [0.15, 0.2) is 0 Å². The molecule has 0 radical (unpaired) electrons. The molecule has 1 heterocycles. The van der Waals surface area contributed by atoms with Crippen molar-refractivity contribution >= 4 is 10.9 Å². The monoisotopic (exact) mass is 187 g/mol. The Hall–Kier alpha value is -1.24. The standard InChI is InChI=1S/C13H17N/c1-8-6-9(2)13-12(7-8)10(3)11(4)14(13)5/h6-7H,1-5H3. The van der Waals surface area contributed by atoms with Crippen LogP contribution in [0.25, 0.3) is 10.9 Å². The number of hydrogen-bond acceptors (Lipinski definition) is 0. The molecule has 0 unspecified atom stereocenters. The first-order valence-corrected chi connectivity index (χ1v) is 5.05. The molecule has 0 aliphatic carbocycles. The zero-order valence-electron chi connectivity index (χ0n) is 9.60. The molecule has 0 bridgehead atoms. The third-order valence-corrected chi connectivity index (χ3v) is 3.23. The van der Waals surface area contributed by atoms with E-state index in [0.29, 0.717) is 0 Å². The minimum Gasteiger partial charge on any atom is -0.347 e. The predicted octanol–water partition coefficient (Wildman–Crippen LogP) is 3.41. The highest BCUT2D eigenvalue weighted by molar-refractivity contribution is 5.88. The van der Waals surface area contributed by atoms with Gasteiger partial charge in [-0.2, -0.15) is 0 Å². The van der Waals surface area contributed by atoms with Crippen molar-refractivity contribution in [2.24, 2.45) is 7.05 Å². The van der Waals surface area contributed by atoms with Gasteiger partial charge in [0, 0.05) is 18.1 Å². The molecule has 0 saturated carbocycles. The second-order valence-electron chi connectivity index (χ2n) is 4.25. The second kappa shape index (κ2) is 2.88. The number of hydrogen-bond donors (Lipinski definition) is 0. The lowest BCUT2D eigenvalue weighted by atomic mass is 10.1. The lowest BCUT2D eigenvalue weighted by Gasteiger charge is -2.03. The van der Waals surface area contributed by atoms with Gasteiger partial charge < -0.3 is 4.57 Å². The van der Waals surface area contributed by atoms with Gasteiger partial charge in [0.05, 0.1) is 5.52 Å². The second-order valence-corrected chi connectivity index (χ2v) is 4.25. The van der Waals surface area contributed by atoms with Crippen LogP contribution >= 0.6 is 0 Å². The smallest absolute Gasteiger partial charge is 0.0512 e. The summed E-state index contributed by atoms with van der Waals surface area (Å²) < 4.78 is 2.29. The Kier molecular flexibility index (Phi) is 1.91. The van der Waals surface area contributed by atoms with E-state index in [-0.39, 0.29) is 0 Å². The number of rotatable bonds is 0. The van der Waals surface area contributed by atoms with Crippen LogP contribution in [0, 0.1) is 27.7 Å². The van der Waals surface area contributed by atoms with Crippen molar-refractivity contribution in [3.63, 3.8) is 0 Å². The minimum atomic E-state index is 1.35. The Morgan fingerprint density at radius 2 is 1.64 bits per heavy atom. The van der Waals surface area contributed by atoms with Gasteiger partial charge in [-0.25, -0.2) is 0 Å². The summed E-state index contributed by atoms with van der Waals surface area (Å²) in [6.07, 6.45) is 0. The Labute approximate surface area is 85.4 Å². The molecule has 1 heteroatoms. The first kappa shape index (κ1) is 9.32. The van der Waals surface area contributed by atoms with E-state index >= 15 is 0 Å². The fourth-order valence-electron chi connectivity index (χ4n) is 2.31. The maximum atomic E-state index is 2.29. The normalized spacial score (nSPS) is 11.2. The summed E-state index contributed by atoms with van der Waals surface area (Å²) in [7, 11) is 2.15. The molecule has 1 aromatic carbocycles. The molecule has 0 spiro atoms.